The van der Waals surface area contributed by atoms with Gasteiger partial charge in [-0.2, -0.15) is 0 Å². The van der Waals surface area contributed by atoms with E-state index in [1.165, 1.54) is 0 Å². The first-order valence-electron chi connectivity index (χ1n) is 6.27. The van der Waals surface area contributed by atoms with E-state index in [9.17, 15) is 0 Å². The molecule has 0 aliphatic heterocycles. The zero-order valence-electron chi connectivity index (χ0n) is 11.5. The molecule has 0 saturated heterocycles. The Morgan fingerprint density at radius 2 is 1.94 bits per heavy atom. The highest BCUT2D eigenvalue weighted by atomic mass is 16.5. The number of hydrogen-bond acceptors (Lipinski definition) is 4. The van der Waals surface area contributed by atoms with E-state index in [0.29, 0.717) is 6.61 Å². The fraction of sp³-hybridized carbons (Fsp3) is 0.571. The topological polar surface area (TPSA) is 39.7 Å². The molecule has 0 aliphatic rings. The summed E-state index contributed by atoms with van der Waals surface area (Å²) in [5, 5.41) is 3.03. The van der Waals surface area contributed by atoms with Gasteiger partial charge in [-0.05, 0) is 31.7 Å². The van der Waals surface area contributed by atoms with Crippen LogP contribution in [0, 0.1) is 6.92 Å². The lowest BCUT2D eigenvalue weighted by Gasteiger charge is -2.11. The minimum absolute atomic E-state index is 0.638. The van der Waals surface area contributed by atoms with Gasteiger partial charge in [0.15, 0.2) is 11.5 Å². The molecule has 1 aromatic rings. The predicted octanol–water partition coefficient (Wildman–Crippen LogP) is 2.01. The largest absolute Gasteiger partial charge is 0.493 e. The summed E-state index contributed by atoms with van der Waals surface area (Å²) < 4.78 is 16.4. The Morgan fingerprint density at radius 1 is 1.11 bits per heavy atom. The Bertz CT molecular complexity index is 342. The standard InChI is InChI=1S/C14H23NO3/c1-12-5-6-13(14(11-12)16-3)18-9-4-8-17-10-7-15-2/h5-6,11,15H,4,7-10H2,1-3H3. The van der Waals surface area contributed by atoms with E-state index in [1.54, 1.807) is 7.11 Å². The number of ether oxygens (including phenoxy) is 3. The monoisotopic (exact) mass is 253 g/mol. The van der Waals surface area contributed by atoms with Crippen molar-refractivity contribution in [2.24, 2.45) is 0 Å². The minimum Gasteiger partial charge on any atom is -0.493 e. The fourth-order valence-electron chi connectivity index (χ4n) is 1.51. The van der Waals surface area contributed by atoms with Crippen LogP contribution in [0.3, 0.4) is 0 Å². The molecule has 1 N–H and O–H groups in total. The molecule has 0 amide bonds. The third kappa shape index (κ3) is 5.38. The highest BCUT2D eigenvalue weighted by molar-refractivity contribution is 5.42. The highest BCUT2D eigenvalue weighted by Gasteiger charge is 2.03. The summed E-state index contributed by atoms with van der Waals surface area (Å²) in [6.07, 6.45) is 0.876. The number of aryl methyl sites for hydroxylation is 1. The zero-order valence-corrected chi connectivity index (χ0v) is 11.5. The van der Waals surface area contributed by atoms with E-state index in [0.717, 1.165) is 43.2 Å². The molecule has 0 saturated carbocycles. The van der Waals surface area contributed by atoms with Crippen LogP contribution in [-0.4, -0.2) is 40.5 Å². The number of hydrogen-bond donors (Lipinski definition) is 1. The third-order valence-corrected chi connectivity index (χ3v) is 2.51. The molecular formula is C14H23NO3. The first-order valence-corrected chi connectivity index (χ1v) is 6.27. The van der Waals surface area contributed by atoms with Crippen LogP contribution in [0.5, 0.6) is 11.5 Å². The van der Waals surface area contributed by atoms with E-state index in [1.807, 2.05) is 32.2 Å². The Morgan fingerprint density at radius 3 is 2.67 bits per heavy atom. The number of benzene rings is 1. The summed E-state index contributed by atoms with van der Waals surface area (Å²) in [7, 11) is 3.57. The van der Waals surface area contributed by atoms with Crippen LogP contribution in [0.2, 0.25) is 0 Å². The SMILES string of the molecule is CNCCOCCCOc1ccc(C)cc1OC. The summed E-state index contributed by atoms with van der Waals surface area (Å²) in [4.78, 5) is 0. The molecule has 1 rings (SSSR count). The van der Waals surface area contributed by atoms with Gasteiger partial charge >= 0.3 is 0 Å². The first kappa shape index (κ1) is 14.8. The van der Waals surface area contributed by atoms with E-state index in [4.69, 9.17) is 14.2 Å². The van der Waals surface area contributed by atoms with E-state index in [2.05, 4.69) is 5.32 Å². The molecule has 0 aromatic heterocycles. The van der Waals surface area contributed by atoms with E-state index >= 15 is 0 Å². The average Bonchev–Trinajstić information content (AvgIpc) is 2.39. The Labute approximate surface area is 109 Å². The third-order valence-electron chi connectivity index (χ3n) is 2.51. The van der Waals surface area contributed by atoms with Gasteiger partial charge in [0, 0.05) is 19.6 Å². The molecule has 0 fully saturated rings. The van der Waals surface area contributed by atoms with Gasteiger partial charge in [0.05, 0.1) is 20.3 Å². The van der Waals surface area contributed by atoms with Crippen molar-refractivity contribution in [2.45, 2.75) is 13.3 Å². The van der Waals surface area contributed by atoms with E-state index < -0.39 is 0 Å². The molecule has 102 valence electrons. The van der Waals surface area contributed by atoms with Gasteiger partial charge in [0.25, 0.3) is 0 Å². The maximum Gasteiger partial charge on any atom is 0.161 e. The van der Waals surface area contributed by atoms with Gasteiger partial charge in [-0.3, -0.25) is 0 Å². The van der Waals surface area contributed by atoms with Crippen molar-refractivity contribution in [3.05, 3.63) is 23.8 Å². The van der Waals surface area contributed by atoms with Gasteiger partial charge in [0.2, 0.25) is 0 Å². The van der Waals surface area contributed by atoms with Gasteiger partial charge in [-0.25, -0.2) is 0 Å². The first-order chi connectivity index (χ1) is 8.77. The molecule has 18 heavy (non-hydrogen) atoms. The lowest BCUT2D eigenvalue weighted by atomic mass is 10.2. The second-order valence-corrected chi connectivity index (χ2v) is 4.07. The van der Waals surface area contributed by atoms with Gasteiger partial charge in [-0.1, -0.05) is 6.07 Å². The quantitative estimate of drug-likeness (QED) is 0.683. The highest BCUT2D eigenvalue weighted by Crippen LogP contribution is 2.27. The molecule has 0 spiro atoms. The number of methoxy groups -OCH3 is 1. The van der Waals surface area contributed by atoms with Gasteiger partial charge in [0.1, 0.15) is 0 Å². The van der Waals surface area contributed by atoms with Crippen molar-refractivity contribution in [1.29, 1.82) is 0 Å². The summed E-state index contributed by atoms with van der Waals surface area (Å²) in [5.74, 6) is 1.57. The molecule has 4 heteroatoms. The Balaban J connectivity index is 2.22. The summed E-state index contributed by atoms with van der Waals surface area (Å²) >= 11 is 0. The van der Waals surface area contributed by atoms with Crippen LogP contribution in [0.15, 0.2) is 18.2 Å². The number of rotatable bonds is 9. The maximum absolute atomic E-state index is 5.67. The second-order valence-electron chi connectivity index (χ2n) is 4.07. The maximum atomic E-state index is 5.67. The molecule has 0 atom stereocenters. The second kappa shape index (κ2) is 8.78. The average molecular weight is 253 g/mol. The van der Waals surface area contributed by atoms with Crippen molar-refractivity contribution < 1.29 is 14.2 Å². The Hall–Kier alpha value is -1.26. The lowest BCUT2D eigenvalue weighted by Crippen LogP contribution is -2.15. The zero-order chi connectivity index (χ0) is 13.2. The van der Waals surface area contributed by atoms with Gasteiger partial charge in [-0.15, -0.1) is 0 Å². The van der Waals surface area contributed by atoms with Crippen LogP contribution in [0.25, 0.3) is 0 Å². The molecule has 0 unspecified atom stereocenters. The predicted molar refractivity (Wildman–Crippen MR) is 72.6 cm³/mol. The van der Waals surface area contributed by atoms with E-state index in [-0.39, 0.29) is 0 Å². The minimum atomic E-state index is 0.638. The summed E-state index contributed by atoms with van der Waals surface area (Å²) in [5.41, 5.74) is 1.16. The summed E-state index contributed by atoms with van der Waals surface area (Å²) in [6.45, 7) is 5.01. The van der Waals surface area contributed by atoms with Crippen molar-refractivity contribution in [2.75, 3.05) is 40.5 Å². The van der Waals surface area contributed by atoms with Gasteiger partial charge < -0.3 is 19.5 Å². The summed E-state index contributed by atoms with van der Waals surface area (Å²) in [6, 6.07) is 5.93. The Kier molecular flexibility index (Phi) is 7.22. The van der Waals surface area contributed by atoms with Crippen LogP contribution >= 0.6 is 0 Å². The van der Waals surface area contributed by atoms with Crippen LogP contribution < -0.4 is 14.8 Å². The van der Waals surface area contributed by atoms with Crippen LogP contribution in [0.4, 0.5) is 0 Å². The molecular weight excluding hydrogens is 230 g/mol. The smallest absolute Gasteiger partial charge is 0.161 e. The van der Waals surface area contributed by atoms with Crippen molar-refractivity contribution in [3.8, 4) is 11.5 Å². The van der Waals surface area contributed by atoms with Crippen molar-refractivity contribution >= 4 is 0 Å². The molecule has 0 bridgehead atoms. The molecule has 1 aromatic carbocycles. The lowest BCUT2D eigenvalue weighted by molar-refractivity contribution is 0.121. The number of nitrogens with one attached hydrogen (secondary N) is 1. The molecule has 0 radical (unpaired) electrons. The van der Waals surface area contributed by atoms with Crippen molar-refractivity contribution in [1.82, 2.24) is 5.32 Å². The fourth-order valence-corrected chi connectivity index (χ4v) is 1.51. The molecule has 4 nitrogen and oxygen atoms in total. The molecule has 0 aliphatic carbocycles. The number of likely N-dealkylation sites (N-methyl/N-ethyl adjacent to an activating group) is 1. The van der Waals surface area contributed by atoms with Crippen LogP contribution in [0.1, 0.15) is 12.0 Å². The van der Waals surface area contributed by atoms with Crippen molar-refractivity contribution in [3.63, 3.8) is 0 Å². The van der Waals surface area contributed by atoms with Crippen LogP contribution in [-0.2, 0) is 4.74 Å². The normalized spacial score (nSPS) is 10.4. The molecule has 0 heterocycles.